The Morgan fingerprint density at radius 1 is 1.18 bits per heavy atom. The van der Waals surface area contributed by atoms with E-state index in [1.165, 1.54) is 7.11 Å². The lowest BCUT2D eigenvalue weighted by molar-refractivity contribution is -0.332. The van der Waals surface area contributed by atoms with Crippen molar-refractivity contribution in [3.8, 4) is 0 Å². The van der Waals surface area contributed by atoms with E-state index in [1.54, 1.807) is 7.11 Å². The van der Waals surface area contributed by atoms with Gasteiger partial charge in [0.15, 0.2) is 12.3 Å². The molecule has 4 N–H and O–H groups in total. The summed E-state index contributed by atoms with van der Waals surface area (Å²) < 4.78 is 35.5. The maximum atomic E-state index is 13.3. The van der Waals surface area contributed by atoms with E-state index in [-0.39, 0.29) is 31.8 Å². The largest absolute Gasteiger partial charge is 0.396 e. The van der Waals surface area contributed by atoms with Crippen molar-refractivity contribution in [2.24, 2.45) is 11.3 Å². The van der Waals surface area contributed by atoms with Crippen LogP contribution in [0.3, 0.4) is 0 Å². The van der Waals surface area contributed by atoms with Gasteiger partial charge in [0, 0.05) is 45.0 Å². The summed E-state index contributed by atoms with van der Waals surface area (Å²) in [6.07, 6.45) is -3.38. The lowest BCUT2D eigenvalue weighted by Crippen LogP contribution is -2.69. The molecule has 220 valence electrons. The van der Waals surface area contributed by atoms with Crippen molar-refractivity contribution >= 4 is 5.91 Å². The number of hydrogen-bond donors (Lipinski definition) is 4. The van der Waals surface area contributed by atoms with Gasteiger partial charge in [-0.25, -0.2) is 0 Å². The van der Waals surface area contributed by atoms with E-state index < -0.39 is 60.0 Å². The van der Waals surface area contributed by atoms with Gasteiger partial charge in [-0.1, -0.05) is 32.9 Å². The van der Waals surface area contributed by atoms with E-state index in [9.17, 15) is 15.0 Å². The number of aliphatic hydroxyl groups excluding tert-OH is 3. The van der Waals surface area contributed by atoms with Crippen molar-refractivity contribution < 1.29 is 48.5 Å². The molecular weight excluding hydrogens is 498 g/mol. The van der Waals surface area contributed by atoms with E-state index >= 15 is 0 Å². The average molecular weight is 546 g/mol. The summed E-state index contributed by atoms with van der Waals surface area (Å²) in [5.74, 6) is -2.27. The van der Waals surface area contributed by atoms with Crippen molar-refractivity contribution in [3.63, 3.8) is 0 Å². The lowest BCUT2D eigenvalue weighted by atomic mass is 9.72. The molecule has 1 amide bonds. The molecule has 0 spiro atoms. The molecular formula is C27H47NO10. The summed E-state index contributed by atoms with van der Waals surface area (Å²) in [6, 6.07) is 0. The number of carbonyl (C=O) groups is 1. The molecule has 10 atom stereocenters. The van der Waals surface area contributed by atoms with Crippen LogP contribution in [0.4, 0.5) is 0 Å². The smallest absolute Gasteiger partial charge is 0.256 e. The SMILES string of the molecule is C=C1C[C@](OC)([C@H](O)C(=O)N[C@H]2OCO[C@H]3[C@@H]2O[C@H](C[C@H](O)CCCCO)C(C)(C)[C@@H]3OC)O[C@H](C)[C@@H]1C. The first-order valence-corrected chi connectivity index (χ1v) is 13.5. The Morgan fingerprint density at radius 3 is 2.50 bits per heavy atom. The van der Waals surface area contributed by atoms with Crippen LogP contribution < -0.4 is 5.32 Å². The van der Waals surface area contributed by atoms with Gasteiger partial charge in [0.2, 0.25) is 5.79 Å². The number of methoxy groups -OCH3 is 2. The first kappa shape index (κ1) is 31.4. The number of aliphatic hydroxyl groups is 3. The maximum absolute atomic E-state index is 13.3. The van der Waals surface area contributed by atoms with E-state index in [2.05, 4.69) is 11.9 Å². The first-order chi connectivity index (χ1) is 17.9. The zero-order valence-corrected chi connectivity index (χ0v) is 23.6. The van der Waals surface area contributed by atoms with Gasteiger partial charge in [-0.2, -0.15) is 0 Å². The number of amides is 1. The van der Waals surface area contributed by atoms with Gasteiger partial charge >= 0.3 is 0 Å². The predicted octanol–water partition coefficient (Wildman–Crippen LogP) is 1.23. The molecule has 0 aromatic rings. The van der Waals surface area contributed by atoms with Crippen LogP contribution in [-0.2, 0) is 33.2 Å². The van der Waals surface area contributed by atoms with Crippen molar-refractivity contribution in [3.05, 3.63) is 12.2 Å². The quantitative estimate of drug-likeness (QED) is 0.221. The number of ether oxygens (including phenoxy) is 6. The zero-order chi connectivity index (χ0) is 28.3. The highest BCUT2D eigenvalue weighted by Gasteiger charge is 2.57. The predicted molar refractivity (Wildman–Crippen MR) is 137 cm³/mol. The van der Waals surface area contributed by atoms with Crippen LogP contribution in [-0.4, -0.2) is 104 Å². The Kier molecular flexibility index (Phi) is 10.7. The van der Waals surface area contributed by atoms with Crippen LogP contribution in [0.5, 0.6) is 0 Å². The third-order valence-corrected chi connectivity index (χ3v) is 8.50. The summed E-state index contributed by atoms with van der Waals surface area (Å²) in [4.78, 5) is 13.3. The molecule has 0 aliphatic carbocycles. The number of rotatable bonds is 11. The average Bonchev–Trinajstić information content (AvgIpc) is 2.87. The first-order valence-electron chi connectivity index (χ1n) is 13.5. The van der Waals surface area contributed by atoms with Crippen molar-refractivity contribution in [2.75, 3.05) is 27.6 Å². The van der Waals surface area contributed by atoms with Gasteiger partial charge in [-0.3, -0.25) is 4.79 Å². The summed E-state index contributed by atoms with van der Waals surface area (Å²) in [5.41, 5.74) is 0.295. The van der Waals surface area contributed by atoms with E-state index in [0.29, 0.717) is 25.7 Å². The van der Waals surface area contributed by atoms with Gasteiger partial charge in [0.25, 0.3) is 5.91 Å². The molecule has 3 fully saturated rings. The van der Waals surface area contributed by atoms with E-state index in [1.807, 2.05) is 27.7 Å². The third-order valence-electron chi connectivity index (χ3n) is 8.50. The molecule has 0 aromatic heterocycles. The highest BCUT2D eigenvalue weighted by Crippen LogP contribution is 2.44. The van der Waals surface area contributed by atoms with Crippen LogP contribution in [0.2, 0.25) is 0 Å². The number of nitrogens with one attached hydrogen (secondary N) is 1. The Balaban J connectivity index is 1.76. The molecule has 3 rings (SSSR count). The molecule has 3 heterocycles. The summed E-state index contributed by atoms with van der Waals surface area (Å²) >= 11 is 0. The van der Waals surface area contributed by atoms with E-state index in [4.69, 9.17) is 33.5 Å². The minimum atomic E-state index is -1.66. The summed E-state index contributed by atoms with van der Waals surface area (Å²) in [5, 5.41) is 33.5. The topological polar surface area (TPSA) is 145 Å². The molecule has 0 aromatic carbocycles. The second-order valence-electron chi connectivity index (χ2n) is 11.4. The maximum Gasteiger partial charge on any atom is 0.256 e. The number of unbranched alkanes of at least 4 members (excludes halogenated alkanes) is 1. The zero-order valence-electron chi connectivity index (χ0n) is 23.6. The van der Waals surface area contributed by atoms with Crippen molar-refractivity contribution in [1.82, 2.24) is 5.32 Å². The van der Waals surface area contributed by atoms with Gasteiger partial charge in [-0.05, 0) is 26.2 Å². The number of fused-ring (bicyclic) bond motifs is 1. The molecule has 0 radical (unpaired) electrons. The second-order valence-corrected chi connectivity index (χ2v) is 11.4. The monoisotopic (exact) mass is 545 g/mol. The van der Waals surface area contributed by atoms with E-state index in [0.717, 1.165) is 5.57 Å². The molecule has 11 nitrogen and oxygen atoms in total. The fraction of sp³-hybridized carbons (Fsp3) is 0.889. The summed E-state index contributed by atoms with van der Waals surface area (Å²) in [6.45, 7) is 11.9. The molecule has 11 heteroatoms. The van der Waals surface area contributed by atoms with Crippen molar-refractivity contribution in [2.45, 2.75) is 115 Å². The second kappa shape index (κ2) is 13.0. The summed E-state index contributed by atoms with van der Waals surface area (Å²) in [7, 11) is 2.98. The van der Waals surface area contributed by atoms with Crippen LogP contribution in [0.25, 0.3) is 0 Å². The number of carbonyl (C=O) groups excluding carboxylic acids is 1. The van der Waals surface area contributed by atoms with Crippen LogP contribution in [0.15, 0.2) is 12.2 Å². The highest BCUT2D eigenvalue weighted by atomic mass is 16.7. The molecule has 38 heavy (non-hydrogen) atoms. The Morgan fingerprint density at radius 2 is 1.89 bits per heavy atom. The standard InChI is InChI=1S/C27H47NO10/c1-15-13-27(34-7,38-17(3)16(15)2)22(31)24(32)28-25-21-20(35-14-36-25)23(33-6)26(4,5)19(37-21)12-18(30)10-8-9-11-29/h16-23,25,29-31H,1,8-14H2,2-7H3,(H,28,32)/t16-,17-,18-,19-,20+,21+,22-,23-,25+,27-/m1/s1. The molecule has 0 unspecified atom stereocenters. The Bertz CT molecular complexity index is 809. The normalized spacial score (nSPS) is 38.8. The van der Waals surface area contributed by atoms with Crippen molar-refractivity contribution in [1.29, 1.82) is 0 Å². The van der Waals surface area contributed by atoms with Gasteiger partial charge < -0.3 is 49.1 Å². The fourth-order valence-corrected chi connectivity index (χ4v) is 5.79. The molecule has 3 saturated heterocycles. The Labute approximate surface area is 225 Å². The van der Waals surface area contributed by atoms with Crippen LogP contribution >= 0.6 is 0 Å². The third kappa shape index (κ3) is 6.42. The molecule has 0 bridgehead atoms. The van der Waals surface area contributed by atoms with Gasteiger partial charge in [0.05, 0.1) is 24.4 Å². The fourth-order valence-electron chi connectivity index (χ4n) is 5.79. The number of hydrogen-bond acceptors (Lipinski definition) is 10. The van der Waals surface area contributed by atoms with Crippen LogP contribution in [0.1, 0.15) is 59.8 Å². The molecule has 3 aliphatic rings. The van der Waals surface area contributed by atoms with Gasteiger partial charge in [-0.15, -0.1) is 0 Å². The minimum absolute atomic E-state index is 0.0500. The lowest BCUT2D eigenvalue weighted by Gasteiger charge is -2.54. The van der Waals surface area contributed by atoms with Crippen LogP contribution in [0, 0.1) is 11.3 Å². The molecule has 0 saturated carbocycles. The Hall–Kier alpha value is -1.15. The molecule has 3 aliphatic heterocycles. The minimum Gasteiger partial charge on any atom is -0.396 e. The highest BCUT2D eigenvalue weighted by molar-refractivity contribution is 5.82. The van der Waals surface area contributed by atoms with Gasteiger partial charge in [0.1, 0.15) is 19.0 Å².